The predicted octanol–water partition coefficient (Wildman–Crippen LogP) is 3.23. The molecular formula is C20H27NO4. The van der Waals surface area contributed by atoms with Crippen LogP contribution in [-0.2, 0) is 22.4 Å². The number of nitrogens with one attached hydrogen (secondary N) is 1. The molecule has 2 aromatic rings. The fraction of sp³-hybridized carbons (Fsp3) is 0.300. The molecule has 1 unspecified atom stereocenters. The molecular weight excluding hydrogens is 318 g/mol. The van der Waals surface area contributed by atoms with Gasteiger partial charge in [-0.25, -0.2) is 0 Å². The normalized spacial score (nSPS) is 10.8. The van der Waals surface area contributed by atoms with E-state index in [1.54, 1.807) is 36.4 Å². The first-order valence-electron chi connectivity index (χ1n) is 7.29. The maximum absolute atomic E-state index is 12.1. The van der Waals surface area contributed by atoms with Gasteiger partial charge in [-0.15, -0.1) is 0 Å². The van der Waals surface area contributed by atoms with Gasteiger partial charge in [0.25, 0.3) is 0 Å². The van der Waals surface area contributed by atoms with Gasteiger partial charge in [0.1, 0.15) is 11.5 Å². The summed E-state index contributed by atoms with van der Waals surface area (Å²) < 4.78 is 0. The number of carbonyl (C=O) groups excluding carboxylic acids is 2. The van der Waals surface area contributed by atoms with Gasteiger partial charge in [0.15, 0.2) is 5.78 Å². The number of rotatable bonds is 6. The summed E-state index contributed by atoms with van der Waals surface area (Å²) in [5.74, 6) is -0.0839. The Hall–Kier alpha value is -2.82. The van der Waals surface area contributed by atoms with Gasteiger partial charge >= 0.3 is 0 Å². The van der Waals surface area contributed by atoms with Gasteiger partial charge in [-0.1, -0.05) is 39.1 Å². The molecule has 2 rings (SSSR count). The Bertz CT molecular complexity index is 678. The maximum atomic E-state index is 12.1. The molecule has 0 spiro atoms. The number of phenolic OH excluding ortho intramolecular Hbond substituents is 2. The number of carbonyl (C=O) groups is 2. The number of benzene rings is 2. The highest BCUT2D eigenvalue weighted by Gasteiger charge is 2.17. The Morgan fingerprint density at radius 3 is 1.76 bits per heavy atom. The molecule has 5 heteroatoms. The lowest BCUT2D eigenvalue weighted by Gasteiger charge is -2.16. The monoisotopic (exact) mass is 345 g/mol. The van der Waals surface area contributed by atoms with Gasteiger partial charge in [-0.2, -0.15) is 0 Å². The second-order valence-corrected chi connectivity index (χ2v) is 5.44. The Labute approximate surface area is 149 Å². The van der Waals surface area contributed by atoms with Crippen molar-refractivity contribution in [2.24, 2.45) is 0 Å². The van der Waals surface area contributed by atoms with Crippen LogP contribution in [0.4, 0.5) is 0 Å². The van der Waals surface area contributed by atoms with Crippen LogP contribution in [0.25, 0.3) is 0 Å². The summed E-state index contributed by atoms with van der Waals surface area (Å²) in [4.78, 5) is 23.8. The van der Waals surface area contributed by atoms with Gasteiger partial charge in [0, 0.05) is 0 Å². The molecule has 0 fully saturated rings. The van der Waals surface area contributed by atoms with Crippen LogP contribution < -0.4 is 5.32 Å². The Kier molecular flexibility index (Phi) is 8.99. The predicted molar refractivity (Wildman–Crippen MR) is 99.7 cm³/mol. The second-order valence-electron chi connectivity index (χ2n) is 5.44. The molecule has 3 N–H and O–H groups in total. The van der Waals surface area contributed by atoms with Crippen LogP contribution >= 0.6 is 0 Å². The molecule has 0 radical (unpaired) electrons. The van der Waals surface area contributed by atoms with Crippen molar-refractivity contribution < 1.29 is 19.8 Å². The lowest BCUT2D eigenvalue weighted by Crippen LogP contribution is -2.42. The van der Waals surface area contributed by atoms with Crippen LogP contribution in [0, 0.1) is 0 Å². The van der Waals surface area contributed by atoms with Crippen LogP contribution in [0.1, 0.15) is 32.9 Å². The quantitative estimate of drug-likeness (QED) is 0.750. The molecule has 2 aromatic carbocycles. The smallest absolute Gasteiger partial charge is 0.225 e. The number of hydrogen-bond donors (Lipinski definition) is 3. The maximum Gasteiger partial charge on any atom is 0.225 e. The molecule has 0 saturated heterocycles. The van der Waals surface area contributed by atoms with Crippen molar-refractivity contribution in [1.82, 2.24) is 5.32 Å². The zero-order chi connectivity index (χ0) is 16.8. The molecule has 136 valence electrons. The van der Waals surface area contributed by atoms with Crippen LogP contribution in [0.2, 0.25) is 0 Å². The van der Waals surface area contributed by atoms with E-state index in [1.807, 2.05) is 0 Å². The van der Waals surface area contributed by atoms with E-state index < -0.39 is 6.04 Å². The van der Waals surface area contributed by atoms with Crippen molar-refractivity contribution in [1.29, 1.82) is 0 Å². The summed E-state index contributed by atoms with van der Waals surface area (Å²) in [5.41, 5.74) is 1.61. The number of phenols is 2. The number of amides is 1. The second kappa shape index (κ2) is 10.1. The van der Waals surface area contributed by atoms with Gasteiger partial charge in [0.05, 0.1) is 12.5 Å². The van der Waals surface area contributed by atoms with E-state index in [0.717, 1.165) is 11.1 Å². The van der Waals surface area contributed by atoms with Crippen molar-refractivity contribution in [3.63, 3.8) is 0 Å². The zero-order valence-electron chi connectivity index (χ0n) is 12.8. The molecule has 25 heavy (non-hydrogen) atoms. The van der Waals surface area contributed by atoms with Crippen molar-refractivity contribution >= 4 is 11.7 Å². The number of aromatic hydroxyl groups is 2. The first-order chi connectivity index (χ1) is 10.9. The van der Waals surface area contributed by atoms with E-state index in [9.17, 15) is 19.8 Å². The van der Waals surface area contributed by atoms with E-state index in [-0.39, 0.29) is 44.5 Å². The summed E-state index contributed by atoms with van der Waals surface area (Å²) in [6.45, 7) is 1.44. The third kappa shape index (κ3) is 7.08. The van der Waals surface area contributed by atoms with Crippen LogP contribution in [0.15, 0.2) is 48.5 Å². The van der Waals surface area contributed by atoms with E-state index in [4.69, 9.17) is 0 Å². The zero-order valence-corrected chi connectivity index (χ0v) is 12.8. The molecule has 0 aliphatic carbocycles. The Balaban J connectivity index is 0.00000288. The SMILES string of the molecule is C.C.CC(=O)C(Cc1ccc(O)cc1)NC(=O)Cc1ccc(O)cc1. The fourth-order valence-corrected chi connectivity index (χ4v) is 2.21. The minimum absolute atomic E-state index is 0. The molecule has 0 aliphatic rings. The number of Topliss-reactive ketones (excluding diaryl/α,β-unsaturated/α-hetero) is 1. The minimum atomic E-state index is -0.607. The lowest BCUT2D eigenvalue weighted by molar-refractivity contribution is -0.126. The first-order valence-corrected chi connectivity index (χ1v) is 7.29. The summed E-state index contributed by atoms with van der Waals surface area (Å²) in [5, 5.41) is 21.2. The Morgan fingerprint density at radius 1 is 0.880 bits per heavy atom. The van der Waals surface area contributed by atoms with Crippen molar-refractivity contribution in [3.8, 4) is 11.5 Å². The molecule has 0 aliphatic heterocycles. The third-order valence-electron chi connectivity index (χ3n) is 3.50. The Morgan fingerprint density at radius 2 is 1.32 bits per heavy atom. The molecule has 0 heterocycles. The molecule has 1 amide bonds. The molecule has 5 nitrogen and oxygen atoms in total. The van der Waals surface area contributed by atoms with E-state index in [1.165, 1.54) is 19.1 Å². The largest absolute Gasteiger partial charge is 0.508 e. The van der Waals surface area contributed by atoms with E-state index in [2.05, 4.69) is 5.32 Å². The molecule has 0 aromatic heterocycles. The van der Waals surface area contributed by atoms with Crippen molar-refractivity contribution in [2.45, 2.75) is 40.7 Å². The van der Waals surface area contributed by atoms with Gasteiger partial charge in [-0.3, -0.25) is 9.59 Å². The highest BCUT2D eigenvalue weighted by Crippen LogP contribution is 2.13. The third-order valence-corrected chi connectivity index (χ3v) is 3.50. The lowest BCUT2D eigenvalue weighted by atomic mass is 10.0. The average molecular weight is 345 g/mol. The standard InChI is InChI=1S/C18H19NO4.2CH4/c1-12(20)17(10-13-2-6-15(21)7-3-13)19-18(23)11-14-4-8-16(22)9-5-14;;/h2-9,17,21-22H,10-11H2,1H3,(H,19,23);2*1H4. The summed E-state index contributed by atoms with van der Waals surface area (Å²) >= 11 is 0. The number of ketones is 1. The van der Waals surface area contributed by atoms with Crippen molar-refractivity contribution in [2.75, 3.05) is 0 Å². The molecule has 1 atom stereocenters. The highest BCUT2D eigenvalue weighted by atomic mass is 16.3. The summed E-state index contributed by atoms with van der Waals surface area (Å²) in [6, 6.07) is 12.3. The van der Waals surface area contributed by atoms with Gasteiger partial charge < -0.3 is 15.5 Å². The molecule has 0 bridgehead atoms. The minimum Gasteiger partial charge on any atom is -0.508 e. The summed E-state index contributed by atoms with van der Waals surface area (Å²) in [6.07, 6.45) is 0.510. The fourth-order valence-electron chi connectivity index (χ4n) is 2.21. The van der Waals surface area contributed by atoms with Crippen LogP contribution in [0.3, 0.4) is 0 Å². The van der Waals surface area contributed by atoms with Crippen LogP contribution in [-0.4, -0.2) is 27.9 Å². The van der Waals surface area contributed by atoms with Gasteiger partial charge in [-0.05, 0) is 48.7 Å². The first kappa shape index (κ1) is 22.2. The topological polar surface area (TPSA) is 86.6 Å². The highest BCUT2D eigenvalue weighted by molar-refractivity contribution is 5.88. The average Bonchev–Trinajstić information content (AvgIpc) is 2.51. The van der Waals surface area contributed by atoms with Gasteiger partial charge in [0.2, 0.25) is 5.91 Å². The molecule has 0 saturated carbocycles. The summed E-state index contributed by atoms with van der Waals surface area (Å²) in [7, 11) is 0. The number of hydrogen-bond acceptors (Lipinski definition) is 4. The van der Waals surface area contributed by atoms with Crippen molar-refractivity contribution in [3.05, 3.63) is 59.7 Å². The van der Waals surface area contributed by atoms with E-state index >= 15 is 0 Å². The van der Waals surface area contributed by atoms with E-state index in [0.29, 0.717) is 6.42 Å². The van der Waals surface area contributed by atoms with Crippen LogP contribution in [0.5, 0.6) is 11.5 Å².